The number of hydrogen-bond donors (Lipinski definition) is 0. The van der Waals surface area contributed by atoms with Gasteiger partial charge >= 0.3 is 0 Å². The van der Waals surface area contributed by atoms with Crippen molar-refractivity contribution in [2.24, 2.45) is 0 Å². The quantitative estimate of drug-likeness (QED) is 0.283. The molecule has 184 valence electrons. The Bertz CT molecular complexity index is 1420. The normalized spacial score (nSPS) is 13.4. The molecular formula is C31H36O3S. The second-order valence-corrected chi connectivity index (χ2v) is 12.2. The zero-order valence-corrected chi connectivity index (χ0v) is 22.9. The second kappa shape index (κ2) is 9.40. The smallest absolute Gasteiger partial charge is 0.189 e. The molecule has 0 aliphatic heterocycles. The van der Waals surface area contributed by atoms with Gasteiger partial charge in [-0.1, -0.05) is 90.1 Å². The molecule has 0 spiro atoms. The summed E-state index contributed by atoms with van der Waals surface area (Å²) in [6.45, 7) is 15.5. The average Bonchev–Trinajstić information content (AvgIpc) is 2.80. The van der Waals surface area contributed by atoms with Gasteiger partial charge < -0.3 is 4.74 Å². The molecule has 35 heavy (non-hydrogen) atoms. The molecule has 0 aromatic heterocycles. The van der Waals surface area contributed by atoms with E-state index in [1.54, 1.807) is 7.11 Å². The van der Waals surface area contributed by atoms with Crippen molar-refractivity contribution in [3.8, 4) is 16.9 Å². The first-order chi connectivity index (χ1) is 16.5. The van der Waals surface area contributed by atoms with E-state index in [-0.39, 0.29) is 10.8 Å². The van der Waals surface area contributed by atoms with Gasteiger partial charge in [-0.3, -0.25) is 4.18 Å². The van der Waals surface area contributed by atoms with Gasteiger partial charge in [0.25, 0.3) is 0 Å². The van der Waals surface area contributed by atoms with E-state index in [1.807, 2.05) is 19.1 Å². The van der Waals surface area contributed by atoms with E-state index in [1.165, 1.54) is 11.1 Å². The Morgan fingerprint density at radius 3 is 1.71 bits per heavy atom. The summed E-state index contributed by atoms with van der Waals surface area (Å²) in [4.78, 5) is 0.661. The van der Waals surface area contributed by atoms with Crippen LogP contribution in [-0.4, -0.2) is 17.9 Å². The third-order valence-electron chi connectivity index (χ3n) is 6.57. The van der Waals surface area contributed by atoms with Gasteiger partial charge in [-0.05, 0) is 62.6 Å². The van der Waals surface area contributed by atoms with Crippen molar-refractivity contribution in [3.05, 3.63) is 71.8 Å². The van der Waals surface area contributed by atoms with E-state index >= 15 is 0 Å². The molecule has 0 fully saturated rings. The van der Waals surface area contributed by atoms with Crippen molar-refractivity contribution in [3.63, 3.8) is 0 Å². The summed E-state index contributed by atoms with van der Waals surface area (Å²) >= 11 is -1.60. The Hall–Kier alpha value is -2.69. The highest BCUT2D eigenvalue weighted by atomic mass is 32.2. The minimum absolute atomic E-state index is 0.0294. The monoisotopic (exact) mass is 488 g/mol. The average molecular weight is 489 g/mol. The lowest BCUT2D eigenvalue weighted by Gasteiger charge is -2.23. The first-order valence-corrected chi connectivity index (χ1v) is 13.3. The Morgan fingerprint density at radius 2 is 1.23 bits per heavy atom. The van der Waals surface area contributed by atoms with Crippen molar-refractivity contribution in [1.82, 2.24) is 0 Å². The van der Waals surface area contributed by atoms with Crippen LogP contribution in [-0.2, 0) is 26.1 Å². The van der Waals surface area contributed by atoms with Crippen molar-refractivity contribution < 1.29 is 13.1 Å². The molecule has 1 unspecified atom stereocenters. The molecule has 0 amide bonds. The van der Waals surface area contributed by atoms with Crippen LogP contribution in [0.25, 0.3) is 32.7 Å². The largest absolute Gasteiger partial charge is 0.496 e. The van der Waals surface area contributed by atoms with Crippen LogP contribution in [0.4, 0.5) is 0 Å². The topological polar surface area (TPSA) is 35.5 Å². The van der Waals surface area contributed by atoms with Crippen molar-refractivity contribution >= 4 is 32.6 Å². The van der Waals surface area contributed by atoms with Crippen LogP contribution in [0.1, 0.15) is 59.6 Å². The van der Waals surface area contributed by atoms with Crippen LogP contribution in [0.5, 0.6) is 5.75 Å². The third kappa shape index (κ3) is 4.87. The summed E-state index contributed by atoms with van der Waals surface area (Å²) in [6.07, 6.45) is 0. The Morgan fingerprint density at radius 1 is 0.714 bits per heavy atom. The van der Waals surface area contributed by atoms with Crippen LogP contribution < -0.4 is 4.74 Å². The molecule has 1 atom stereocenters. The molecule has 4 heteroatoms. The zero-order chi connectivity index (χ0) is 25.5. The highest BCUT2D eigenvalue weighted by molar-refractivity contribution is 7.80. The maximum Gasteiger partial charge on any atom is 0.189 e. The van der Waals surface area contributed by atoms with Crippen LogP contribution in [0, 0.1) is 0 Å². The lowest BCUT2D eigenvalue weighted by molar-refractivity contribution is 0.372. The minimum Gasteiger partial charge on any atom is -0.496 e. The molecule has 0 saturated heterocycles. The van der Waals surface area contributed by atoms with E-state index in [0.717, 1.165) is 38.4 Å². The Balaban J connectivity index is 2.12. The minimum atomic E-state index is -1.60. The molecule has 0 bridgehead atoms. The molecule has 4 rings (SSSR count). The Kier molecular flexibility index (Phi) is 6.82. The molecule has 4 aromatic carbocycles. The molecule has 0 radical (unpaired) electrons. The number of ether oxygens (including phenoxy) is 1. The summed E-state index contributed by atoms with van der Waals surface area (Å²) in [5, 5.41) is 4.34. The molecule has 0 N–H and O–H groups in total. The summed E-state index contributed by atoms with van der Waals surface area (Å²) in [5.74, 6) is 0.753. The van der Waals surface area contributed by atoms with Crippen molar-refractivity contribution in [1.29, 1.82) is 0 Å². The highest BCUT2D eigenvalue weighted by Gasteiger charge is 2.23. The van der Waals surface area contributed by atoms with Gasteiger partial charge in [-0.25, -0.2) is 4.21 Å². The molecule has 0 saturated carbocycles. The third-order valence-corrected chi connectivity index (χ3v) is 7.72. The van der Waals surface area contributed by atoms with Gasteiger partial charge in [0.15, 0.2) is 11.1 Å². The SMILES string of the molecule is CCOS(=O)c1ccc2cc(C(C)(C)C)ccc2c1-c1c(OC)ccc2cc(C(C)(C)C)ccc12. The van der Waals surface area contributed by atoms with Crippen LogP contribution in [0.3, 0.4) is 0 Å². The fourth-order valence-electron chi connectivity index (χ4n) is 4.55. The van der Waals surface area contributed by atoms with E-state index in [9.17, 15) is 4.21 Å². The predicted octanol–water partition coefficient (Wildman–Crippen LogP) is 8.32. The molecular weight excluding hydrogens is 452 g/mol. The van der Waals surface area contributed by atoms with Gasteiger partial charge in [-0.15, -0.1) is 0 Å². The fourth-order valence-corrected chi connectivity index (χ4v) is 5.45. The summed E-state index contributed by atoms with van der Waals surface area (Å²) in [6, 6.07) is 21.3. The standard InChI is InChI=1S/C31H36O3S/c1-9-34-35(32)27-17-11-21-19-23(31(5,6)7)13-15-25(21)29(27)28-24-14-12-22(30(2,3)4)18-20(24)10-16-26(28)33-8/h10-19H,9H2,1-8H3. The summed E-state index contributed by atoms with van der Waals surface area (Å²) in [5.41, 5.74) is 4.45. The van der Waals surface area contributed by atoms with E-state index in [0.29, 0.717) is 11.5 Å². The van der Waals surface area contributed by atoms with Gasteiger partial charge in [0, 0.05) is 11.1 Å². The second-order valence-electron chi connectivity index (χ2n) is 11.1. The number of benzene rings is 4. The van der Waals surface area contributed by atoms with E-state index in [4.69, 9.17) is 8.92 Å². The maximum absolute atomic E-state index is 13.3. The molecule has 3 nitrogen and oxygen atoms in total. The molecule has 0 aliphatic rings. The predicted molar refractivity (Wildman–Crippen MR) is 149 cm³/mol. The zero-order valence-electron chi connectivity index (χ0n) is 22.1. The van der Waals surface area contributed by atoms with Crippen LogP contribution in [0.15, 0.2) is 65.6 Å². The fraction of sp³-hybridized carbons (Fsp3) is 0.355. The number of methoxy groups -OCH3 is 1. The highest BCUT2D eigenvalue weighted by Crippen LogP contribution is 2.45. The summed E-state index contributed by atoms with van der Waals surface area (Å²) < 4.78 is 24.8. The summed E-state index contributed by atoms with van der Waals surface area (Å²) in [7, 11) is 1.69. The molecule has 0 aliphatic carbocycles. The van der Waals surface area contributed by atoms with Crippen molar-refractivity contribution in [2.75, 3.05) is 13.7 Å². The maximum atomic E-state index is 13.3. The van der Waals surface area contributed by atoms with Crippen molar-refractivity contribution in [2.45, 2.75) is 64.2 Å². The number of rotatable bonds is 5. The number of hydrogen-bond acceptors (Lipinski definition) is 3. The van der Waals surface area contributed by atoms with Gasteiger partial charge in [0.2, 0.25) is 0 Å². The molecule has 4 aromatic rings. The molecule has 0 heterocycles. The lowest BCUT2D eigenvalue weighted by atomic mass is 9.83. The van der Waals surface area contributed by atoms with E-state index in [2.05, 4.69) is 90.1 Å². The first kappa shape index (κ1) is 25.4. The van der Waals surface area contributed by atoms with E-state index < -0.39 is 11.1 Å². The van der Waals surface area contributed by atoms with Gasteiger partial charge in [0.1, 0.15) is 5.75 Å². The lowest BCUT2D eigenvalue weighted by Crippen LogP contribution is -2.11. The number of fused-ring (bicyclic) bond motifs is 2. The Labute approximate surface area is 212 Å². The van der Waals surface area contributed by atoms with Gasteiger partial charge in [-0.2, -0.15) is 0 Å². The first-order valence-electron chi connectivity index (χ1n) is 12.2. The van der Waals surface area contributed by atoms with Crippen LogP contribution in [0.2, 0.25) is 0 Å². The van der Waals surface area contributed by atoms with Gasteiger partial charge in [0.05, 0.1) is 18.6 Å². The van der Waals surface area contributed by atoms with Crippen LogP contribution >= 0.6 is 0 Å².